The van der Waals surface area contributed by atoms with Crippen LogP contribution in [0.3, 0.4) is 0 Å². The molecule has 4 aromatic rings. The number of carboxylic acid groups (broad SMARTS) is 1. The molecule has 0 radical (unpaired) electrons. The first kappa shape index (κ1) is 28.3. The molecule has 0 saturated carbocycles. The lowest BCUT2D eigenvalue weighted by Gasteiger charge is -2.30. The van der Waals surface area contributed by atoms with E-state index in [-0.39, 0.29) is 30.8 Å². The summed E-state index contributed by atoms with van der Waals surface area (Å²) in [6, 6.07) is 34.0. The molecule has 1 atom stereocenters. The fraction of sp³-hybridized carbons (Fsp3) is 0.206. The van der Waals surface area contributed by atoms with Crippen molar-refractivity contribution in [2.24, 2.45) is 0 Å². The Labute approximate surface area is 235 Å². The van der Waals surface area contributed by atoms with Gasteiger partial charge in [0.2, 0.25) is 0 Å². The van der Waals surface area contributed by atoms with Crippen molar-refractivity contribution in [2.45, 2.75) is 38.8 Å². The average molecular weight is 535 g/mol. The maximum atomic E-state index is 14.0. The number of carbonyl (C=O) groups is 3. The third-order valence-electron chi connectivity index (χ3n) is 6.97. The van der Waals surface area contributed by atoms with E-state index in [1.165, 1.54) is 0 Å². The van der Waals surface area contributed by atoms with Crippen molar-refractivity contribution in [3.63, 3.8) is 0 Å². The monoisotopic (exact) mass is 534 g/mol. The number of hydrogen-bond donors (Lipinski definition) is 2. The average Bonchev–Trinajstić information content (AvgIpc) is 2.99. The molecule has 204 valence electrons. The van der Waals surface area contributed by atoms with Gasteiger partial charge in [0.1, 0.15) is 0 Å². The van der Waals surface area contributed by atoms with Crippen LogP contribution in [0.4, 0.5) is 0 Å². The van der Waals surface area contributed by atoms with Gasteiger partial charge in [0.15, 0.2) is 0 Å². The number of carbonyl (C=O) groups excluding carboxylic acids is 2. The summed E-state index contributed by atoms with van der Waals surface area (Å²) in [4.78, 5) is 40.4. The molecule has 0 fully saturated rings. The van der Waals surface area contributed by atoms with Gasteiger partial charge in [-0.1, -0.05) is 97.1 Å². The van der Waals surface area contributed by atoms with E-state index in [1.807, 2.05) is 91.9 Å². The Balaban J connectivity index is 1.60. The Morgan fingerprint density at radius 3 is 1.88 bits per heavy atom. The zero-order valence-electron chi connectivity index (χ0n) is 22.6. The number of aryl methyl sites for hydroxylation is 1. The van der Waals surface area contributed by atoms with E-state index >= 15 is 0 Å². The number of amides is 2. The minimum atomic E-state index is -0.957. The van der Waals surface area contributed by atoms with E-state index in [2.05, 4.69) is 5.32 Å². The molecule has 0 aliphatic carbocycles. The van der Waals surface area contributed by atoms with Crippen LogP contribution in [0, 0.1) is 0 Å². The minimum Gasteiger partial charge on any atom is -0.481 e. The second kappa shape index (κ2) is 13.9. The van der Waals surface area contributed by atoms with E-state index < -0.39 is 5.97 Å². The second-order valence-electron chi connectivity index (χ2n) is 9.78. The van der Waals surface area contributed by atoms with E-state index in [0.717, 1.165) is 17.5 Å². The number of nitrogens with zero attached hydrogens (tertiary/aromatic N) is 1. The van der Waals surface area contributed by atoms with Crippen molar-refractivity contribution in [2.75, 3.05) is 6.54 Å². The normalized spacial score (nSPS) is 11.4. The van der Waals surface area contributed by atoms with Gasteiger partial charge in [0.05, 0.1) is 6.42 Å². The minimum absolute atomic E-state index is 0.0949. The highest BCUT2D eigenvalue weighted by molar-refractivity contribution is 6.06. The van der Waals surface area contributed by atoms with Crippen molar-refractivity contribution in [3.05, 3.63) is 131 Å². The molecule has 0 saturated heterocycles. The molecular formula is C34H34N2O4. The molecule has 6 nitrogen and oxygen atoms in total. The Morgan fingerprint density at radius 1 is 0.725 bits per heavy atom. The van der Waals surface area contributed by atoms with E-state index in [9.17, 15) is 19.5 Å². The van der Waals surface area contributed by atoms with Crippen molar-refractivity contribution < 1.29 is 19.5 Å². The van der Waals surface area contributed by atoms with Gasteiger partial charge < -0.3 is 15.3 Å². The fourth-order valence-electron chi connectivity index (χ4n) is 4.76. The number of benzene rings is 4. The molecule has 4 rings (SSSR count). The molecule has 0 spiro atoms. The largest absolute Gasteiger partial charge is 0.481 e. The smallest absolute Gasteiger partial charge is 0.305 e. The van der Waals surface area contributed by atoms with Gasteiger partial charge in [-0.2, -0.15) is 0 Å². The van der Waals surface area contributed by atoms with Gasteiger partial charge in [-0.3, -0.25) is 14.4 Å². The van der Waals surface area contributed by atoms with Crippen molar-refractivity contribution >= 4 is 17.8 Å². The summed E-state index contributed by atoms with van der Waals surface area (Å²) in [6.07, 6.45) is 1.31. The maximum absolute atomic E-state index is 14.0. The molecule has 0 heterocycles. The van der Waals surface area contributed by atoms with Gasteiger partial charge in [-0.15, -0.1) is 0 Å². The van der Waals surface area contributed by atoms with Crippen molar-refractivity contribution in [1.29, 1.82) is 0 Å². The third-order valence-corrected chi connectivity index (χ3v) is 6.97. The van der Waals surface area contributed by atoms with E-state index in [0.29, 0.717) is 35.2 Å². The van der Waals surface area contributed by atoms with Crippen LogP contribution < -0.4 is 5.32 Å². The zero-order chi connectivity index (χ0) is 28.3. The molecule has 6 heteroatoms. The first-order chi connectivity index (χ1) is 19.4. The van der Waals surface area contributed by atoms with Gasteiger partial charge in [-0.25, -0.2) is 0 Å². The Hall–Kier alpha value is -4.71. The molecule has 2 N–H and O–H groups in total. The van der Waals surface area contributed by atoms with E-state index in [1.54, 1.807) is 29.2 Å². The fourth-order valence-corrected chi connectivity index (χ4v) is 4.76. The molecule has 1 unspecified atom stereocenters. The molecule has 4 aromatic carbocycles. The number of carboxylic acids is 1. The summed E-state index contributed by atoms with van der Waals surface area (Å²) in [5.74, 6) is -1.45. The number of rotatable bonds is 12. The van der Waals surface area contributed by atoms with Crippen LogP contribution in [0.25, 0.3) is 11.1 Å². The summed E-state index contributed by atoms with van der Waals surface area (Å²) < 4.78 is 0. The topological polar surface area (TPSA) is 86.7 Å². The number of nitrogens with one attached hydrogen (secondary N) is 1. The summed E-state index contributed by atoms with van der Waals surface area (Å²) in [5.41, 5.74) is 4.33. The van der Waals surface area contributed by atoms with Gasteiger partial charge in [-0.05, 0) is 54.2 Å². The van der Waals surface area contributed by atoms with Crippen LogP contribution in [0.5, 0.6) is 0 Å². The quantitative estimate of drug-likeness (QED) is 0.226. The second-order valence-corrected chi connectivity index (χ2v) is 9.78. The first-order valence-electron chi connectivity index (χ1n) is 13.5. The van der Waals surface area contributed by atoms with Crippen LogP contribution in [0.15, 0.2) is 109 Å². The summed E-state index contributed by atoms with van der Waals surface area (Å²) in [5, 5.41) is 12.4. The predicted octanol–water partition coefficient (Wildman–Crippen LogP) is 6.22. The molecule has 2 amide bonds. The van der Waals surface area contributed by atoms with Crippen LogP contribution >= 0.6 is 0 Å². The highest BCUT2D eigenvalue weighted by Crippen LogP contribution is 2.29. The van der Waals surface area contributed by atoms with Crippen molar-refractivity contribution in [3.8, 4) is 11.1 Å². The highest BCUT2D eigenvalue weighted by Gasteiger charge is 2.25. The molecule has 0 aromatic heterocycles. The van der Waals surface area contributed by atoms with Gasteiger partial charge >= 0.3 is 5.97 Å². The molecular weight excluding hydrogens is 500 g/mol. The lowest BCUT2D eigenvalue weighted by atomic mass is 9.93. The lowest BCUT2D eigenvalue weighted by molar-refractivity contribution is -0.137. The number of aliphatic carboxylic acids is 1. The lowest BCUT2D eigenvalue weighted by Crippen LogP contribution is -2.40. The van der Waals surface area contributed by atoms with Crippen LogP contribution in [0.1, 0.15) is 51.6 Å². The molecule has 40 heavy (non-hydrogen) atoms. The molecule has 0 aliphatic rings. The number of hydrogen-bond acceptors (Lipinski definition) is 3. The predicted molar refractivity (Wildman–Crippen MR) is 157 cm³/mol. The maximum Gasteiger partial charge on any atom is 0.305 e. The highest BCUT2D eigenvalue weighted by atomic mass is 16.4. The van der Waals surface area contributed by atoms with Crippen LogP contribution in [-0.4, -0.2) is 40.4 Å². The Kier molecular flexibility index (Phi) is 9.83. The Morgan fingerprint density at radius 2 is 1.25 bits per heavy atom. The van der Waals surface area contributed by atoms with Gasteiger partial charge in [0.25, 0.3) is 11.8 Å². The summed E-state index contributed by atoms with van der Waals surface area (Å²) in [7, 11) is 0. The standard InChI is InChI=1S/C34H34N2O4/c1-25(20-21-26-12-4-2-5-13-26)36(23-22-32(37)38)34(40)31-19-11-9-17-29(31)28-16-8-10-18-30(28)33(39)35-24-27-14-6-3-7-15-27/h2-19,25H,20-24H2,1H3,(H,35,39)(H,37,38). The molecule has 0 bridgehead atoms. The zero-order valence-corrected chi connectivity index (χ0v) is 22.6. The van der Waals surface area contributed by atoms with Crippen LogP contribution in [0.2, 0.25) is 0 Å². The van der Waals surface area contributed by atoms with Gasteiger partial charge in [0, 0.05) is 30.3 Å². The Bertz CT molecular complexity index is 1440. The van der Waals surface area contributed by atoms with Crippen LogP contribution in [-0.2, 0) is 17.8 Å². The first-order valence-corrected chi connectivity index (χ1v) is 13.5. The third kappa shape index (κ3) is 7.44. The van der Waals surface area contributed by atoms with Crippen molar-refractivity contribution in [1.82, 2.24) is 10.2 Å². The summed E-state index contributed by atoms with van der Waals surface area (Å²) in [6.45, 7) is 2.43. The molecule has 0 aliphatic heterocycles. The van der Waals surface area contributed by atoms with E-state index in [4.69, 9.17) is 0 Å². The summed E-state index contributed by atoms with van der Waals surface area (Å²) >= 11 is 0. The SMILES string of the molecule is CC(CCc1ccccc1)N(CCC(=O)O)C(=O)c1ccccc1-c1ccccc1C(=O)NCc1ccccc1.